The zero-order valence-electron chi connectivity index (χ0n) is 13.6. The molecule has 1 amide bonds. The van der Waals surface area contributed by atoms with Crippen LogP contribution in [0.1, 0.15) is 16.1 Å². The van der Waals surface area contributed by atoms with Gasteiger partial charge in [0.25, 0.3) is 5.91 Å². The van der Waals surface area contributed by atoms with Crippen LogP contribution < -0.4 is 10.6 Å². The number of nitrogens with zero attached hydrogens (tertiary/aromatic N) is 2. The van der Waals surface area contributed by atoms with E-state index in [9.17, 15) is 18.0 Å². The number of halogens is 4. The zero-order valence-corrected chi connectivity index (χ0v) is 14.3. The molecule has 2 N–H and O–H groups in total. The second kappa shape index (κ2) is 7.63. The average molecular weight is 393 g/mol. The summed E-state index contributed by atoms with van der Waals surface area (Å²) < 4.78 is 39.3. The summed E-state index contributed by atoms with van der Waals surface area (Å²) in [5.41, 5.74) is -0.663. The van der Waals surface area contributed by atoms with E-state index in [-0.39, 0.29) is 17.2 Å². The summed E-state index contributed by atoms with van der Waals surface area (Å²) >= 11 is 5.99. The summed E-state index contributed by atoms with van der Waals surface area (Å²) in [6, 6.07) is 12.9. The number of carbonyl (C=O) groups is 1. The molecule has 0 fully saturated rings. The number of carbonyl (C=O) groups excluding carboxylic acids is 1. The Hall–Kier alpha value is -3.13. The van der Waals surface area contributed by atoms with Crippen LogP contribution in [0, 0.1) is 0 Å². The molecule has 5 nitrogen and oxygen atoms in total. The van der Waals surface area contributed by atoms with Crippen molar-refractivity contribution >= 4 is 34.7 Å². The molecule has 0 aliphatic rings. The molecule has 0 aliphatic carbocycles. The van der Waals surface area contributed by atoms with Gasteiger partial charge in [0.15, 0.2) is 0 Å². The molecule has 0 atom stereocenters. The van der Waals surface area contributed by atoms with Gasteiger partial charge in [-0.05, 0) is 24.3 Å². The fourth-order valence-electron chi connectivity index (χ4n) is 2.28. The molecule has 9 heteroatoms. The second-order valence-electron chi connectivity index (χ2n) is 5.39. The molecule has 2 aromatic carbocycles. The van der Waals surface area contributed by atoms with Gasteiger partial charge in [-0.15, -0.1) is 0 Å². The van der Waals surface area contributed by atoms with Crippen molar-refractivity contribution < 1.29 is 18.0 Å². The maximum absolute atomic E-state index is 13.1. The molecular weight excluding hydrogens is 381 g/mol. The smallest absolute Gasteiger partial charge is 0.340 e. The van der Waals surface area contributed by atoms with E-state index in [0.717, 1.165) is 12.4 Å². The van der Waals surface area contributed by atoms with Crippen molar-refractivity contribution in [2.75, 3.05) is 10.6 Å². The Morgan fingerprint density at radius 1 is 0.963 bits per heavy atom. The summed E-state index contributed by atoms with van der Waals surface area (Å²) in [7, 11) is 0. The van der Waals surface area contributed by atoms with Gasteiger partial charge in [0, 0.05) is 6.07 Å². The highest BCUT2D eigenvalue weighted by atomic mass is 35.5. The van der Waals surface area contributed by atoms with Gasteiger partial charge < -0.3 is 10.6 Å². The molecule has 1 heterocycles. The van der Waals surface area contributed by atoms with E-state index in [4.69, 9.17) is 11.6 Å². The largest absolute Gasteiger partial charge is 0.418 e. The van der Waals surface area contributed by atoms with E-state index in [2.05, 4.69) is 20.6 Å². The molecule has 3 rings (SSSR count). The highest BCUT2D eigenvalue weighted by Gasteiger charge is 2.33. The number of alkyl halides is 3. The van der Waals surface area contributed by atoms with Crippen molar-refractivity contribution in [3.8, 4) is 0 Å². The number of benzene rings is 2. The molecule has 27 heavy (non-hydrogen) atoms. The minimum Gasteiger partial charge on any atom is -0.340 e. The molecule has 0 radical (unpaired) electrons. The Morgan fingerprint density at radius 2 is 1.63 bits per heavy atom. The predicted molar refractivity (Wildman–Crippen MR) is 96.2 cm³/mol. The molecule has 0 saturated heterocycles. The highest BCUT2D eigenvalue weighted by Crippen LogP contribution is 2.35. The Bertz CT molecular complexity index is 979. The van der Waals surface area contributed by atoms with Gasteiger partial charge in [-0.3, -0.25) is 4.79 Å². The first-order chi connectivity index (χ1) is 12.8. The molecule has 0 spiro atoms. The standard InChI is InChI=1S/C18H12ClF3N4O/c19-12-6-2-4-8-14(12)26-17(27)15-9-16(24-10-23-15)25-13-7-3-1-5-11(13)18(20,21)22/h1-10H,(H,26,27)(H,23,24,25). The van der Waals surface area contributed by atoms with Crippen LogP contribution in [0.5, 0.6) is 0 Å². The van der Waals surface area contributed by atoms with Crippen molar-refractivity contribution in [2.45, 2.75) is 6.18 Å². The highest BCUT2D eigenvalue weighted by molar-refractivity contribution is 6.33. The van der Waals surface area contributed by atoms with Crippen molar-refractivity contribution in [3.05, 3.63) is 77.2 Å². The number of amides is 1. The lowest BCUT2D eigenvalue weighted by molar-refractivity contribution is -0.136. The minimum atomic E-state index is -4.53. The monoisotopic (exact) mass is 392 g/mol. The first-order valence-electron chi connectivity index (χ1n) is 7.66. The normalized spacial score (nSPS) is 11.1. The lowest BCUT2D eigenvalue weighted by atomic mass is 10.1. The number of hydrogen-bond donors (Lipinski definition) is 2. The molecule has 0 unspecified atom stereocenters. The third-order valence-electron chi connectivity index (χ3n) is 3.52. The Balaban J connectivity index is 1.83. The number of hydrogen-bond acceptors (Lipinski definition) is 4. The van der Waals surface area contributed by atoms with Gasteiger partial charge in [0.05, 0.1) is 22.0 Å². The molecule has 3 aromatic rings. The Morgan fingerprint density at radius 3 is 2.33 bits per heavy atom. The lowest BCUT2D eigenvalue weighted by Crippen LogP contribution is -2.15. The van der Waals surface area contributed by atoms with E-state index in [0.29, 0.717) is 10.7 Å². The number of rotatable bonds is 4. The van der Waals surface area contributed by atoms with Crippen LogP contribution in [-0.4, -0.2) is 15.9 Å². The summed E-state index contributed by atoms with van der Waals surface area (Å²) in [6.45, 7) is 0. The van der Waals surface area contributed by atoms with E-state index >= 15 is 0 Å². The first kappa shape index (κ1) is 18.7. The zero-order chi connectivity index (χ0) is 19.4. The van der Waals surface area contributed by atoms with Gasteiger partial charge in [-0.1, -0.05) is 35.9 Å². The summed E-state index contributed by atoms with van der Waals surface area (Å²) in [5.74, 6) is -0.524. The number of nitrogens with one attached hydrogen (secondary N) is 2. The fraction of sp³-hybridized carbons (Fsp3) is 0.0556. The van der Waals surface area contributed by atoms with Crippen LogP contribution in [0.4, 0.5) is 30.4 Å². The van der Waals surface area contributed by atoms with Crippen molar-refractivity contribution in [2.24, 2.45) is 0 Å². The minimum absolute atomic E-state index is 0.0306. The molecular formula is C18H12ClF3N4O. The topological polar surface area (TPSA) is 66.9 Å². The number of para-hydroxylation sites is 2. The summed E-state index contributed by atoms with van der Waals surface area (Å²) in [6.07, 6.45) is -3.44. The average Bonchev–Trinajstić information content (AvgIpc) is 2.63. The first-order valence-corrected chi connectivity index (χ1v) is 8.03. The molecule has 0 saturated carbocycles. The molecule has 0 aliphatic heterocycles. The Labute approximate surface area is 157 Å². The predicted octanol–water partition coefficient (Wildman–Crippen LogP) is 5.14. The van der Waals surface area contributed by atoms with Gasteiger partial charge in [-0.25, -0.2) is 9.97 Å². The van der Waals surface area contributed by atoms with E-state index in [1.807, 2.05) is 0 Å². The maximum atomic E-state index is 13.1. The van der Waals surface area contributed by atoms with E-state index < -0.39 is 17.6 Å². The van der Waals surface area contributed by atoms with Crippen LogP contribution in [0.15, 0.2) is 60.9 Å². The van der Waals surface area contributed by atoms with Crippen LogP contribution in [0.2, 0.25) is 5.02 Å². The summed E-state index contributed by atoms with van der Waals surface area (Å²) in [5, 5.41) is 5.50. The molecule has 138 valence electrons. The van der Waals surface area contributed by atoms with Gasteiger partial charge in [0.1, 0.15) is 17.8 Å². The molecule has 0 bridgehead atoms. The lowest BCUT2D eigenvalue weighted by Gasteiger charge is -2.14. The Kier molecular flexibility index (Phi) is 5.27. The third kappa shape index (κ3) is 4.53. The van der Waals surface area contributed by atoms with Crippen molar-refractivity contribution in [1.82, 2.24) is 9.97 Å². The van der Waals surface area contributed by atoms with Crippen LogP contribution in [0.3, 0.4) is 0 Å². The fourth-order valence-corrected chi connectivity index (χ4v) is 2.46. The van der Waals surface area contributed by atoms with E-state index in [1.165, 1.54) is 24.3 Å². The maximum Gasteiger partial charge on any atom is 0.418 e. The van der Waals surface area contributed by atoms with Crippen molar-refractivity contribution in [3.63, 3.8) is 0 Å². The van der Waals surface area contributed by atoms with Crippen molar-refractivity contribution in [1.29, 1.82) is 0 Å². The quantitative estimate of drug-likeness (QED) is 0.644. The van der Waals surface area contributed by atoms with Gasteiger partial charge >= 0.3 is 6.18 Å². The van der Waals surface area contributed by atoms with Crippen LogP contribution in [-0.2, 0) is 6.18 Å². The molecule has 1 aromatic heterocycles. The summed E-state index contributed by atoms with van der Waals surface area (Å²) in [4.78, 5) is 20.0. The second-order valence-corrected chi connectivity index (χ2v) is 5.80. The van der Waals surface area contributed by atoms with Gasteiger partial charge in [-0.2, -0.15) is 13.2 Å². The SMILES string of the molecule is O=C(Nc1ccccc1Cl)c1cc(Nc2ccccc2C(F)(F)F)ncn1. The van der Waals surface area contributed by atoms with Crippen LogP contribution in [0.25, 0.3) is 0 Å². The number of aromatic nitrogens is 2. The number of anilines is 3. The third-order valence-corrected chi connectivity index (χ3v) is 3.85. The van der Waals surface area contributed by atoms with Crippen LogP contribution >= 0.6 is 11.6 Å². The van der Waals surface area contributed by atoms with E-state index in [1.54, 1.807) is 24.3 Å². The van der Waals surface area contributed by atoms with Gasteiger partial charge in [0.2, 0.25) is 0 Å².